The Morgan fingerprint density at radius 1 is 1.14 bits per heavy atom. The van der Waals surface area contributed by atoms with Gasteiger partial charge in [-0.3, -0.25) is 4.90 Å². The lowest BCUT2D eigenvalue weighted by Crippen LogP contribution is -2.24. The highest BCUT2D eigenvalue weighted by Crippen LogP contribution is 2.46. The van der Waals surface area contributed by atoms with Crippen LogP contribution in [0.4, 0.5) is 11.5 Å². The highest BCUT2D eigenvalue weighted by molar-refractivity contribution is 7.99. The van der Waals surface area contributed by atoms with Crippen LogP contribution in [0.25, 0.3) is 0 Å². The van der Waals surface area contributed by atoms with E-state index < -0.39 is 6.10 Å². The van der Waals surface area contributed by atoms with E-state index in [2.05, 4.69) is 21.9 Å². The second-order valence-electron chi connectivity index (χ2n) is 6.13. The summed E-state index contributed by atoms with van der Waals surface area (Å²) in [5.41, 5.74) is 2.51. The second-order valence-corrected chi connectivity index (χ2v) is 8.44. The molecule has 0 fully saturated rings. The Balaban J connectivity index is 1.67. The number of hydrogen-bond acceptors (Lipinski definition) is 8. The maximum Gasteiger partial charge on any atom is 0.168 e. The van der Waals surface area contributed by atoms with Crippen LogP contribution in [0, 0.1) is 0 Å². The van der Waals surface area contributed by atoms with E-state index in [0.29, 0.717) is 6.73 Å². The fraction of sp³-hybridized carbons (Fsp3) is 0.250. The van der Waals surface area contributed by atoms with Crippen molar-refractivity contribution < 1.29 is 9.84 Å². The third kappa shape index (κ3) is 3.73. The van der Waals surface area contributed by atoms with Gasteiger partial charge in [0.1, 0.15) is 17.9 Å². The first kappa shape index (κ1) is 19.2. The van der Waals surface area contributed by atoms with Gasteiger partial charge in [-0.1, -0.05) is 30.8 Å². The van der Waals surface area contributed by atoms with Crippen molar-refractivity contribution in [2.24, 2.45) is 0 Å². The van der Waals surface area contributed by atoms with Crippen LogP contribution < -0.4 is 4.90 Å². The molecule has 0 saturated carbocycles. The Morgan fingerprint density at radius 2 is 1.96 bits per heavy atom. The number of benzene rings is 1. The number of aliphatic hydroxyl groups is 1. The molecule has 0 spiro atoms. The second kappa shape index (κ2) is 8.48. The molecule has 1 aliphatic heterocycles. The molecule has 0 aliphatic carbocycles. The van der Waals surface area contributed by atoms with E-state index >= 15 is 0 Å². The molecular weight excluding hydrogens is 392 g/mol. The van der Waals surface area contributed by atoms with Gasteiger partial charge in [0.05, 0.1) is 10.7 Å². The highest BCUT2D eigenvalue weighted by atomic mass is 32.2. The van der Waals surface area contributed by atoms with Crippen LogP contribution in [0.1, 0.15) is 24.2 Å². The molecule has 8 heteroatoms. The normalized spacial score (nSPS) is 13.8. The molecule has 3 heterocycles. The molecule has 0 amide bonds. The predicted octanol–water partition coefficient (Wildman–Crippen LogP) is 4.27. The van der Waals surface area contributed by atoms with Gasteiger partial charge in [-0.15, -0.1) is 11.8 Å². The van der Waals surface area contributed by atoms with Gasteiger partial charge in [-0.05, 0) is 29.5 Å². The number of hydrogen-bond donors (Lipinski definition) is 1. The Labute approximate surface area is 172 Å². The molecule has 4 rings (SSSR count). The van der Waals surface area contributed by atoms with Gasteiger partial charge in [0.15, 0.2) is 5.82 Å². The van der Waals surface area contributed by atoms with Crippen molar-refractivity contribution >= 4 is 35.0 Å². The molecule has 1 unspecified atom stereocenters. The summed E-state index contributed by atoms with van der Waals surface area (Å²) in [5.74, 6) is 1.73. The number of aromatic nitrogens is 3. The first-order chi connectivity index (χ1) is 13.7. The summed E-state index contributed by atoms with van der Waals surface area (Å²) in [4.78, 5) is 16.3. The number of methoxy groups -OCH3 is 1. The maximum atomic E-state index is 10.9. The van der Waals surface area contributed by atoms with Crippen LogP contribution in [0.5, 0.6) is 0 Å². The van der Waals surface area contributed by atoms with Crippen LogP contribution in [-0.4, -0.2) is 39.7 Å². The third-order valence-electron chi connectivity index (χ3n) is 4.32. The Morgan fingerprint density at radius 3 is 2.71 bits per heavy atom. The fourth-order valence-electron chi connectivity index (χ4n) is 3.03. The fourth-order valence-corrected chi connectivity index (χ4v) is 4.61. The average molecular weight is 413 g/mol. The molecule has 1 atom stereocenters. The molecule has 144 valence electrons. The molecule has 1 N–H and O–H groups in total. The van der Waals surface area contributed by atoms with Gasteiger partial charge >= 0.3 is 0 Å². The molecule has 6 nitrogen and oxygen atoms in total. The van der Waals surface area contributed by atoms with Crippen LogP contribution in [0.2, 0.25) is 0 Å². The molecule has 1 aromatic carbocycles. The first-order valence-corrected chi connectivity index (χ1v) is 10.7. The summed E-state index contributed by atoms with van der Waals surface area (Å²) in [6, 6.07) is 9.81. The largest absolute Gasteiger partial charge is 0.384 e. The van der Waals surface area contributed by atoms with Crippen molar-refractivity contribution in [1.82, 2.24) is 15.0 Å². The van der Waals surface area contributed by atoms with Crippen LogP contribution in [0.3, 0.4) is 0 Å². The number of thioether (sulfide) groups is 1. The number of aliphatic hydroxyl groups excluding tert-OH is 1. The van der Waals surface area contributed by atoms with E-state index in [1.54, 1.807) is 49.2 Å². The zero-order valence-electron chi connectivity index (χ0n) is 15.6. The summed E-state index contributed by atoms with van der Waals surface area (Å²) < 4.78 is 5.39. The number of rotatable bonds is 6. The molecule has 1 aliphatic rings. The van der Waals surface area contributed by atoms with Crippen molar-refractivity contribution in [2.45, 2.75) is 28.0 Å². The highest BCUT2D eigenvalue weighted by Gasteiger charge is 2.26. The Kier molecular flexibility index (Phi) is 5.82. The van der Waals surface area contributed by atoms with Gasteiger partial charge in [0, 0.05) is 36.2 Å². The monoisotopic (exact) mass is 412 g/mol. The number of anilines is 2. The van der Waals surface area contributed by atoms with Crippen LogP contribution in [-0.2, 0) is 4.74 Å². The topological polar surface area (TPSA) is 71.4 Å². The lowest BCUT2D eigenvalue weighted by molar-refractivity contribution is 0.204. The zero-order chi connectivity index (χ0) is 19.5. The van der Waals surface area contributed by atoms with E-state index in [4.69, 9.17) is 4.74 Å². The Hall–Kier alpha value is -2.13. The van der Waals surface area contributed by atoms with Gasteiger partial charge in [0.2, 0.25) is 0 Å². The summed E-state index contributed by atoms with van der Waals surface area (Å²) >= 11 is 3.25. The van der Waals surface area contributed by atoms with Crippen molar-refractivity contribution in [3.05, 3.63) is 60.0 Å². The van der Waals surface area contributed by atoms with E-state index in [0.717, 1.165) is 43.3 Å². The standard InChI is InChI=1S/C20H20N4O2S2/c1-3-27-17-7-5-14(11-23-17)18(25)13-4-6-16-15(10-13)24(12-26-2)19-20(28-16)22-9-8-21-19/h4-11,18,25H,3,12H2,1-2H3. The van der Waals surface area contributed by atoms with E-state index in [9.17, 15) is 5.11 Å². The summed E-state index contributed by atoms with van der Waals surface area (Å²) in [6.45, 7) is 2.44. The van der Waals surface area contributed by atoms with Crippen molar-refractivity contribution in [1.29, 1.82) is 0 Å². The SMILES string of the molecule is CCSc1ccc(C(O)c2ccc3c(c2)N(COC)c2nccnc2S3)cn1. The summed E-state index contributed by atoms with van der Waals surface area (Å²) in [5, 5.41) is 12.7. The molecule has 0 bridgehead atoms. The molecular formula is C20H20N4O2S2. The Bertz CT molecular complexity index is 969. The van der Waals surface area contributed by atoms with Gasteiger partial charge in [-0.25, -0.2) is 15.0 Å². The first-order valence-electron chi connectivity index (χ1n) is 8.87. The maximum absolute atomic E-state index is 10.9. The van der Waals surface area contributed by atoms with Crippen LogP contribution in [0.15, 0.2) is 63.9 Å². The van der Waals surface area contributed by atoms with Gasteiger partial charge in [0.25, 0.3) is 0 Å². The molecule has 28 heavy (non-hydrogen) atoms. The molecule has 0 radical (unpaired) electrons. The molecule has 3 aromatic rings. The van der Waals surface area contributed by atoms with Gasteiger partial charge in [-0.2, -0.15) is 0 Å². The van der Waals surface area contributed by atoms with E-state index in [-0.39, 0.29) is 0 Å². The van der Waals surface area contributed by atoms with Gasteiger partial charge < -0.3 is 9.84 Å². The summed E-state index contributed by atoms with van der Waals surface area (Å²) in [7, 11) is 1.65. The average Bonchev–Trinajstić information content (AvgIpc) is 2.74. The molecule has 0 saturated heterocycles. The minimum atomic E-state index is -0.754. The number of ether oxygens (including phenoxy) is 1. The van der Waals surface area contributed by atoms with Crippen LogP contribution >= 0.6 is 23.5 Å². The van der Waals surface area contributed by atoms with Crippen molar-refractivity contribution in [3.8, 4) is 0 Å². The minimum Gasteiger partial charge on any atom is -0.384 e. The smallest absolute Gasteiger partial charge is 0.168 e. The van der Waals surface area contributed by atoms with E-state index in [1.165, 1.54) is 0 Å². The number of pyridine rings is 1. The number of fused-ring (bicyclic) bond motifs is 2. The van der Waals surface area contributed by atoms with Crippen molar-refractivity contribution in [2.75, 3.05) is 24.5 Å². The summed E-state index contributed by atoms with van der Waals surface area (Å²) in [6.07, 6.45) is 4.35. The molecule has 2 aromatic heterocycles. The quantitative estimate of drug-likeness (QED) is 0.602. The zero-order valence-corrected chi connectivity index (χ0v) is 17.2. The van der Waals surface area contributed by atoms with E-state index in [1.807, 2.05) is 35.2 Å². The third-order valence-corrected chi connectivity index (χ3v) is 6.20. The number of nitrogens with zero attached hydrogens (tertiary/aromatic N) is 4. The predicted molar refractivity (Wildman–Crippen MR) is 111 cm³/mol. The lowest BCUT2D eigenvalue weighted by Gasteiger charge is -2.30. The minimum absolute atomic E-state index is 0.350. The lowest BCUT2D eigenvalue weighted by atomic mass is 10.0. The van der Waals surface area contributed by atoms with Crippen molar-refractivity contribution in [3.63, 3.8) is 0 Å².